The van der Waals surface area contributed by atoms with Crippen molar-refractivity contribution in [2.24, 2.45) is 17.3 Å². The van der Waals surface area contributed by atoms with Gasteiger partial charge in [0.2, 0.25) is 5.91 Å². The van der Waals surface area contributed by atoms with Gasteiger partial charge in [-0.25, -0.2) is 0 Å². The molecule has 1 saturated carbocycles. The topological polar surface area (TPSA) is 29.1 Å². The Balaban J connectivity index is 2.17. The Kier molecular flexibility index (Phi) is 4.79. The van der Waals surface area contributed by atoms with Gasteiger partial charge < -0.3 is 5.32 Å². The lowest BCUT2D eigenvalue weighted by molar-refractivity contribution is -0.123. The van der Waals surface area contributed by atoms with Crippen molar-refractivity contribution in [1.82, 2.24) is 0 Å². The molecule has 2 nitrogen and oxygen atoms in total. The van der Waals surface area contributed by atoms with Crippen LogP contribution in [-0.2, 0) is 4.79 Å². The molecule has 1 aliphatic carbocycles. The molecular formula is C20H29NO. The number of anilines is 1. The van der Waals surface area contributed by atoms with Gasteiger partial charge in [0.15, 0.2) is 0 Å². The Morgan fingerprint density at radius 3 is 2.50 bits per heavy atom. The van der Waals surface area contributed by atoms with Crippen LogP contribution in [0.25, 0.3) is 0 Å². The number of benzene rings is 1. The highest BCUT2D eigenvalue weighted by atomic mass is 16.1. The normalized spacial score (nSPS) is 23.9. The van der Waals surface area contributed by atoms with Crippen molar-refractivity contribution >= 4 is 11.6 Å². The van der Waals surface area contributed by atoms with E-state index in [1.54, 1.807) is 0 Å². The van der Waals surface area contributed by atoms with Gasteiger partial charge in [0.25, 0.3) is 0 Å². The van der Waals surface area contributed by atoms with Crippen molar-refractivity contribution in [2.45, 2.75) is 53.9 Å². The molecule has 2 rings (SSSR count). The lowest BCUT2D eigenvalue weighted by atomic mass is 9.65. The van der Waals surface area contributed by atoms with E-state index in [4.69, 9.17) is 0 Å². The molecule has 0 aliphatic heterocycles. The Hall–Kier alpha value is -1.57. The van der Waals surface area contributed by atoms with E-state index in [9.17, 15) is 4.79 Å². The van der Waals surface area contributed by atoms with E-state index in [1.165, 1.54) is 11.1 Å². The second-order valence-electron chi connectivity index (χ2n) is 7.75. The first-order valence-electron chi connectivity index (χ1n) is 8.23. The lowest BCUT2D eigenvalue weighted by Gasteiger charge is -2.40. The third kappa shape index (κ3) is 3.79. The lowest BCUT2D eigenvalue weighted by Crippen LogP contribution is -2.38. The third-order valence-corrected chi connectivity index (χ3v) is 5.13. The smallest absolute Gasteiger partial charge is 0.228 e. The van der Waals surface area contributed by atoms with Crippen LogP contribution >= 0.6 is 0 Å². The molecule has 120 valence electrons. The monoisotopic (exact) mass is 299 g/mol. The maximum atomic E-state index is 12.8. The number of aryl methyl sites for hydroxylation is 2. The van der Waals surface area contributed by atoms with Gasteiger partial charge in [0.1, 0.15) is 0 Å². The van der Waals surface area contributed by atoms with E-state index in [0.29, 0.717) is 5.92 Å². The first-order valence-corrected chi connectivity index (χ1v) is 8.23. The fourth-order valence-electron chi connectivity index (χ4n) is 3.51. The fraction of sp³-hybridized carbons (Fsp3) is 0.550. The van der Waals surface area contributed by atoms with Gasteiger partial charge in [-0.2, -0.15) is 0 Å². The summed E-state index contributed by atoms with van der Waals surface area (Å²) in [6, 6.07) is 6.10. The number of amides is 1. The summed E-state index contributed by atoms with van der Waals surface area (Å²) in [5, 5.41) is 3.12. The van der Waals surface area contributed by atoms with E-state index in [2.05, 4.69) is 58.6 Å². The molecule has 1 aromatic carbocycles. The molecule has 0 spiro atoms. The van der Waals surface area contributed by atoms with Gasteiger partial charge >= 0.3 is 0 Å². The number of hydrogen-bond acceptors (Lipinski definition) is 1. The van der Waals surface area contributed by atoms with E-state index < -0.39 is 0 Å². The molecule has 22 heavy (non-hydrogen) atoms. The maximum absolute atomic E-state index is 12.8. The molecule has 1 amide bonds. The van der Waals surface area contributed by atoms with Crippen LogP contribution in [0.4, 0.5) is 5.69 Å². The first kappa shape index (κ1) is 16.8. The molecule has 1 fully saturated rings. The number of carbonyl (C=O) groups excluding carboxylic acids is 1. The SMILES string of the molecule is C=C(C)C1CCC(C)(C)CC1C(=O)Nc1ccc(C)c(C)c1. The van der Waals surface area contributed by atoms with Gasteiger partial charge in [0, 0.05) is 11.6 Å². The van der Waals surface area contributed by atoms with Gasteiger partial charge in [-0.3, -0.25) is 4.79 Å². The van der Waals surface area contributed by atoms with Crippen molar-refractivity contribution in [2.75, 3.05) is 5.32 Å². The largest absolute Gasteiger partial charge is 0.326 e. The minimum atomic E-state index is 0.0304. The third-order valence-electron chi connectivity index (χ3n) is 5.13. The van der Waals surface area contributed by atoms with Crippen LogP contribution in [0.1, 0.15) is 51.2 Å². The zero-order chi connectivity index (χ0) is 16.5. The number of rotatable bonds is 3. The molecule has 0 radical (unpaired) electrons. The average Bonchev–Trinajstić information content (AvgIpc) is 2.41. The second kappa shape index (κ2) is 6.28. The number of allylic oxidation sites excluding steroid dienone is 1. The molecule has 0 saturated heterocycles. The molecular weight excluding hydrogens is 270 g/mol. The van der Waals surface area contributed by atoms with E-state index in [0.717, 1.165) is 30.5 Å². The Morgan fingerprint density at radius 2 is 1.91 bits per heavy atom. The summed E-state index contributed by atoms with van der Waals surface area (Å²) in [4.78, 5) is 12.8. The fourth-order valence-corrected chi connectivity index (χ4v) is 3.51. The number of carbonyl (C=O) groups is 1. The van der Waals surface area contributed by atoms with Gasteiger partial charge in [-0.05, 0) is 74.6 Å². The van der Waals surface area contributed by atoms with Crippen LogP contribution in [0.15, 0.2) is 30.4 Å². The summed E-state index contributed by atoms with van der Waals surface area (Å²) in [6.07, 6.45) is 3.16. The molecule has 0 aromatic heterocycles. The molecule has 0 heterocycles. The van der Waals surface area contributed by atoms with Gasteiger partial charge in [-0.15, -0.1) is 0 Å². The van der Waals surface area contributed by atoms with Crippen molar-refractivity contribution < 1.29 is 4.79 Å². The van der Waals surface area contributed by atoms with Crippen molar-refractivity contribution in [3.63, 3.8) is 0 Å². The standard InChI is InChI=1S/C20H29NO/c1-13(2)17-9-10-20(5,6)12-18(17)19(22)21-16-8-7-14(3)15(4)11-16/h7-8,11,17-18H,1,9-10,12H2,2-6H3,(H,21,22). The van der Waals surface area contributed by atoms with Crippen molar-refractivity contribution in [3.05, 3.63) is 41.5 Å². The predicted molar refractivity (Wildman–Crippen MR) is 94.0 cm³/mol. The minimum Gasteiger partial charge on any atom is -0.326 e. The highest BCUT2D eigenvalue weighted by Crippen LogP contribution is 2.44. The molecule has 2 atom stereocenters. The maximum Gasteiger partial charge on any atom is 0.228 e. The summed E-state index contributed by atoms with van der Waals surface area (Å²) in [6.45, 7) is 14.9. The second-order valence-corrected chi connectivity index (χ2v) is 7.75. The van der Waals surface area contributed by atoms with Crippen molar-refractivity contribution in [3.8, 4) is 0 Å². The quantitative estimate of drug-likeness (QED) is 0.758. The van der Waals surface area contributed by atoms with Gasteiger partial charge in [0.05, 0.1) is 0 Å². The number of nitrogens with one attached hydrogen (secondary N) is 1. The average molecular weight is 299 g/mol. The molecule has 1 N–H and O–H groups in total. The molecule has 1 aromatic rings. The zero-order valence-electron chi connectivity index (χ0n) is 14.6. The summed E-state index contributed by atoms with van der Waals surface area (Å²) in [5.74, 6) is 0.478. The predicted octanol–water partition coefficient (Wildman–Crippen LogP) is 5.26. The molecule has 0 bridgehead atoms. The molecule has 2 heteroatoms. The first-order chi connectivity index (χ1) is 10.2. The van der Waals surface area contributed by atoms with Crippen LogP contribution < -0.4 is 5.32 Å². The van der Waals surface area contributed by atoms with Crippen LogP contribution in [0, 0.1) is 31.1 Å². The Bertz CT molecular complexity index is 585. The van der Waals surface area contributed by atoms with Crippen LogP contribution in [0.3, 0.4) is 0 Å². The van der Waals surface area contributed by atoms with Crippen LogP contribution in [-0.4, -0.2) is 5.91 Å². The van der Waals surface area contributed by atoms with E-state index in [-0.39, 0.29) is 17.2 Å². The van der Waals surface area contributed by atoms with Crippen LogP contribution in [0.2, 0.25) is 0 Å². The minimum absolute atomic E-state index is 0.0304. The van der Waals surface area contributed by atoms with Gasteiger partial charge in [-0.1, -0.05) is 32.1 Å². The summed E-state index contributed by atoms with van der Waals surface area (Å²) in [7, 11) is 0. The summed E-state index contributed by atoms with van der Waals surface area (Å²) in [5.41, 5.74) is 4.72. The zero-order valence-corrected chi connectivity index (χ0v) is 14.6. The highest BCUT2D eigenvalue weighted by Gasteiger charge is 2.39. The van der Waals surface area contributed by atoms with E-state index >= 15 is 0 Å². The molecule has 2 unspecified atom stereocenters. The number of hydrogen-bond donors (Lipinski definition) is 1. The Labute approximate surface area is 135 Å². The Morgan fingerprint density at radius 1 is 1.23 bits per heavy atom. The summed E-state index contributed by atoms with van der Waals surface area (Å²) < 4.78 is 0. The van der Waals surface area contributed by atoms with Crippen LogP contribution in [0.5, 0.6) is 0 Å². The van der Waals surface area contributed by atoms with Crippen molar-refractivity contribution in [1.29, 1.82) is 0 Å². The molecule has 1 aliphatic rings. The summed E-state index contributed by atoms with van der Waals surface area (Å²) >= 11 is 0. The van der Waals surface area contributed by atoms with E-state index in [1.807, 2.05) is 6.07 Å². The highest BCUT2D eigenvalue weighted by molar-refractivity contribution is 5.93.